The molecule has 4 atom stereocenters. The number of amides is 1. The van der Waals surface area contributed by atoms with Crippen molar-refractivity contribution in [2.75, 3.05) is 26.7 Å². The number of hydrogen-bond donors (Lipinski definition) is 2. The van der Waals surface area contributed by atoms with Crippen LogP contribution in [-0.2, 0) is 19.1 Å². The number of aliphatic imine (C=N–C) groups is 1. The first-order chi connectivity index (χ1) is 21.3. The van der Waals surface area contributed by atoms with Gasteiger partial charge in [0, 0.05) is 48.2 Å². The summed E-state index contributed by atoms with van der Waals surface area (Å²) in [5.41, 5.74) is 0.218. The summed E-state index contributed by atoms with van der Waals surface area (Å²) in [5, 5.41) is 16.2. The zero-order valence-electron chi connectivity index (χ0n) is 26.1. The van der Waals surface area contributed by atoms with Crippen molar-refractivity contribution >= 4 is 35.0 Å². The molecule has 13 heteroatoms. The molecule has 1 aromatic carbocycles. The lowest BCUT2D eigenvalue weighted by Gasteiger charge is -2.49. The Bertz CT molecular complexity index is 1540. The van der Waals surface area contributed by atoms with Crippen molar-refractivity contribution in [3.8, 4) is 0 Å². The van der Waals surface area contributed by atoms with E-state index in [0.29, 0.717) is 36.1 Å². The van der Waals surface area contributed by atoms with Gasteiger partial charge in [0.15, 0.2) is 22.5 Å². The summed E-state index contributed by atoms with van der Waals surface area (Å²) >= 11 is 1.31. The van der Waals surface area contributed by atoms with Gasteiger partial charge in [0.2, 0.25) is 5.91 Å². The number of esters is 1. The fraction of sp³-hybridized carbons (Fsp3) is 0.531. The number of thiazole rings is 1. The molecule has 0 radical (unpaired) electrons. The molecular weight excluding hydrogens is 604 g/mol. The largest absolute Gasteiger partial charge is 0.480 e. The van der Waals surface area contributed by atoms with Crippen molar-refractivity contribution in [3.63, 3.8) is 0 Å². The van der Waals surface area contributed by atoms with E-state index in [9.17, 15) is 28.3 Å². The van der Waals surface area contributed by atoms with E-state index in [2.05, 4.69) is 10.3 Å². The molecule has 2 fully saturated rings. The van der Waals surface area contributed by atoms with Crippen LogP contribution in [0.5, 0.6) is 0 Å². The van der Waals surface area contributed by atoms with Crippen molar-refractivity contribution in [2.24, 2.45) is 16.8 Å². The highest BCUT2D eigenvalue weighted by molar-refractivity contribution is 7.11. The number of aromatic nitrogens is 1. The zero-order valence-corrected chi connectivity index (χ0v) is 26.9. The second-order valence-corrected chi connectivity index (χ2v) is 13.7. The number of hydrogen-bond acceptors (Lipinski definition) is 9. The van der Waals surface area contributed by atoms with Crippen LogP contribution in [0.2, 0.25) is 0 Å². The van der Waals surface area contributed by atoms with Crippen LogP contribution in [0.25, 0.3) is 0 Å². The number of nitrogens with one attached hydrogen (secondary N) is 1. The predicted octanol–water partition coefficient (Wildman–Crippen LogP) is 4.45. The number of carbonyl (C=O) groups excluding carboxylic acids is 2. The number of carboxylic acids is 1. The molecule has 5 rings (SSSR count). The third kappa shape index (κ3) is 6.51. The number of benzene rings is 1. The Morgan fingerprint density at radius 3 is 2.62 bits per heavy atom. The first-order valence-electron chi connectivity index (χ1n) is 15.1. The maximum absolute atomic E-state index is 14.8. The van der Waals surface area contributed by atoms with Crippen LogP contribution in [0.1, 0.15) is 68.6 Å². The molecule has 3 aliphatic rings. The van der Waals surface area contributed by atoms with Crippen LogP contribution in [0.3, 0.4) is 0 Å². The van der Waals surface area contributed by atoms with Crippen LogP contribution < -0.4 is 5.32 Å². The van der Waals surface area contributed by atoms with E-state index in [-0.39, 0.29) is 47.4 Å². The van der Waals surface area contributed by atoms with Gasteiger partial charge in [0.05, 0.1) is 12.7 Å². The van der Waals surface area contributed by atoms with E-state index < -0.39 is 41.2 Å². The summed E-state index contributed by atoms with van der Waals surface area (Å²) in [6.45, 7) is 8.01. The first kappa shape index (κ1) is 32.7. The van der Waals surface area contributed by atoms with Crippen LogP contribution in [0.4, 0.5) is 8.78 Å². The van der Waals surface area contributed by atoms with Crippen LogP contribution in [0.15, 0.2) is 40.0 Å². The second kappa shape index (κ2) is 13.0. The average Bonchev–Trinajstić information content (AvgIpc) is 3.52. The smallest absolute Gasteiger partial charge is 0.338 e. The molecule has 1 amide bonds. The number of rotatable bonds is 6. The van der Waals surface area contributed by atoms with Crippen LogP contribution in [-0.4, -0.2) is 81.9 Å². The van der Waals surface area contributed by atoms with Gasteiger partial charge in [-0.25, -0.2) is 18.6 Å². The highest BCUT2D eigenvalue weighted by Gasteiger charge is 2.47. The quantitative estimate of drug-likeness (QED) is 0.443. The van der Waals surface area contributed by atoms with Gasteiger partial charge in [-0.1, -0.05) is 12.5 Å². The Kier molecular flexibility index (Phi) is 9.41. The van der Waals surface area contributed by atoms with Gasteiger partial charge in [-0.3, -0.25) is 19.5 Å². The van der Waals surface area contributed by atoms with Crippen molar-refractivity contribution in [1.29, 1.82) is 0 Å². The lowest BCUT2D eigenvalue weighted by atomic mass is 9.74. The summed E-state index contributed by atoms with van der Waals surface area (Å²) in [7, 11) is 1.23. The lowest BCUT2D eigenvalue weighted by molar-refractivity contribution is -0.156. The molecule has 0 saturated carbocycles. The molecule has 3 aliphatic heterocycles. The van der Waals surface area contributed by atoms with Crippen molar-refractivity contribution < 1.29 is 33.0 Å². The number of fused-ring (bicyclic) bond motifs is 1. The standard InChI is InChI=1S/C32H39F2N5O5S/c1-17-19(9-10-21(33)25(17)34)26-24(31(43)44-5)22(36-28(37-26)29-35-11-13-45-29)16-38-12-7-6-8-18-14-23(40)39(32(2,3)4)15-20(18)27(38)30(41)42/h9-11,13,18,20,26-27H,6-8,12,14-16H2,1-5H3,(H,36,37)(H,41,42)/t18?,20-,26-,27-/m0/s1. The SMILES string of the molecule is COC(=O)C1=C(CN2CCCCC3CC(=O)N(C(C)(C)C)C[C@@H]3[C@H]2C(=O)O)NC(c2nccs2)=N[C@H]1c1ccc(F)c(F)c1C. The topological polar surface area (TPSA) is 124 Å². The van der Waals surface area contributed by atoms with E-state index in [4.69, 9.17) is 9.73 Å². The molecule has 0 aliphatic carbocycles. The maximum atomic E-state index is 14.8. The molecule has 0 spiro atoms. The van der Waals surface area contributed by atoms with E-state index in [0.717, 1.165) is 18.9 Å². The number of carboxylic acid groups (broad SMARTS) is 1. The molecule has 2 saturated heterocycles. The van der Waals surface area contributed by atoms with Crippen molar-refractivity contribution in [3.05, 3.63) is 62.7 Å². The Labute approximate surface area is 265 Å². The minimum atomic E-state index is -1.07. The third-order valence-corrected chi connectivity index (χ3v) is 9.85. The van der Waals surface area contributed by atoms with Crippen LogP contribution >= 0.6 is 11.3 Å². The Hall–Kier alpha value is -3.71. The molecular formula is C32H39F2N5O5S. The van der Waals surface area contributed by atoms with Gasteiger partial charge in [-0.05, 0) is 70.2 Å². The summed E-state index contributed by atoms with van der Waals surface area (Å²) < 4.78 is 34.2. The fourth-order valence-electron chi connectivity index (χ4n) is 6.83. The number of ether oxygens (including phenoxy) is 1. The normalized spacial score (nSPS) is 24.7. The van der Waals surface area contributed by atoms with Gasteiger partial charge in [0.1, 0.15) is 12.1 Å². The number of aliphatic carboxylic acids is 1. The number of likely N-dealkylation sites (tertiary alicyclic amines) is 2. The maximum Gasteiger partial charge on any atom is 0.338 e. The molecule has 242 valence electrons. The number of nitrogens with zero attached hydrogens (tertiary/aromatic N) is 4. The van der Waals surface area contributed by atoms with Crippen molar-refractivity contribution in [2.45, 2.75) is 71.0 Å². The summed E-state index contributed by atoms with van der Waals surface area (Å²) in [6, 6.07) is 0.370. The van der Waals surface area contributed by atoms with Gasteiger partial charge in [-0.15, -0.1) is 11.3 Å². The number of piperidine rings is 1. The predicted molar refractivity (Wildman–Crippen MR) is 165 cm³/mol. The van der Waals surface area contributed by atoms with E-state index in [1.54, 1.807) is 16.5 Å². The highest BCUT2D eigenvalue weighted by Crippen LogP contribution is 2.40. The molecule has 1 unspecified atom stereocenters. The number of carbonyl (C=O) groups is 3. The van der Waals surface area contributed by atoms with Gasteiger partial charge >= 0.3 is 11.9 Å². The second-order valence-electron chi connectivity index (χ2n) is 12.9. The third-order valence-electron chi connectivity index (χ3n) is 9.07. The Morgan fingerprint density at radius 2 is 1.98 bits per heavy atom. The van der Waals surface area contributed by atoms with Gasteiger partial charge in [-0.2, -0.15) is 0 Å². The minimum Gasteiger partial charge on any atom is -0.480 e. The Morgan fingerprint density at radius 1 is 1.22 bits per heavy atom. The Balaban J connectivity index is 1.62. The molecule has 0 bridgehead atoms. The monoisotopic (exact) mass is 643 g/mol. The average molecular weight is 644 g/mol. The van der Waals surface area contributed by atoms with E-state index >= 15 is 0 Å². The minimum absolute atomic E-state index is 0.00319. The molecule has 1 aromatic heterocycles. The highest BCUT2D eigenvalue weighted by atomic mass is 32.1. The summed E-state index contributed by atoms with van der Waals surface area (Å²) in [6.07, 6.45) is 4.17. The summed E-state index contributed by atoms with van der Waals surface area (Å²) in [4.78, 5) is 52.4. The molecule has 10 nitrogen and oxygen atoms in total. The molecule has 2 N–H and O–H groups in total. The lowest BCUT2D eigenvalue weighted by Crippen LogP contribution is -2.60. The zero-order chi connectivity index (χ0) is 32.6. The molecule has 2 aromatic rings. The fourth-order valence-corrected chi connectivity index (χ4v) is 7.42. The molecule has 45 heavy (non-hydrogen) atoms. The van der Waals surface area contributed by atoms with Crippen LogP contribution in [0, 0.1) is 30.4 Å². The van der Waals surface area contributed by atoms with E-state index in [1.165, 1.54) is 31.4 Å². The van der Waals surface area contributed by atoms with E-state index in [1.807, 2.05) is 25.7 Å². The van der Waals surface area contributed by atoms with Gasteiger partial charge in [0.25, 0.3) is 0 Å². The molecule has 4 heterocycles. The van der Waals surface area contributed by atoms with Gasteiger partial charge < -0.3 is 20.1 Å². The van der Waals surface area contributed by atoms with Crippen molar-refractivity contribution in [1.82, 2.24) is 20.1 Å². The first-order valence-corrected chi connectivity index (χ1v) is 16.0. The number of methoxy groups -OCH3 is 1. The number of amidine groups is 1. The number of halogens is 2. The summed E-state index contributed by atoms with van der Waals surface area (Å²) in [5.74, 6) is -3.90.